The van der Waals surface area contributed by atoms with Gasteiger partial charge in [-0.05, 0) is 51.0 Å². The molecule has 2 unspecified atom stereocenters. The highest BCUT2D eigenvalue weighted by Crippen LogP contribution is 2.31. The second-order valence-corrected chi connectivity index (χ2v) is 8.98. The average molecular weight is 300 g/mol. The Bertz CT molecular complexity index is 412. The number of piperidine rings is 1. The molecule has 3 aliphatic rings. The summed E-state index contributed by atoms with van der Waals surface area (Å²) in [6, 6.07) is 0.555. The first-order chi connectivity index (χ1) is 9.68. The van der Waals surface area contributed by atoms with Gasteiger partial charge in [-0.15, -0.1) is 0 Å². The Morgan fingerprint density at radius 2 is 1.70 bits per heavy atom. The lowest BCUT2D eigenvalue weighted by Gasteiger charge is -2.37. The van der Waals surface area contributed by atoms with Crippen LogP contribution in [0, 0.1) is 5.92 Å². The van der Waals surface area contributed by atoms with Gasteiger partial charge in [0.05, 0.1) is 5.25 Å². The molecule has 0 aromatic rings. The minimum atomic E-state index is -3.04. The maximum atomic E-state index is 12.8. The van der Waals surface area contributed by atoms with Crippen molar-refractivity contribution in [3.8, 4) is 0 Å². The van der Waals surface area contributed by atoms with E-state index in [0.717, 1.165) is 51.7 Å². The third-order valence-corrected chi connectivity index (χ3v) is 7.79. The van der Waals surface area contributed by atoms with Gasteiger partial charge in [-0.3, -0.25) is 0 Å². The quantitative estimate of drug-likeness (QED) is 0.868. The molecule has 0 radical (unpaired) electrons. The van der Waals surface area contributed by atoms with E-state index in [1.807, 2.05) is 4.31 Å². The maximum absolute atomic E-state index is 12.8. The summed E-state index contributed by atoms with van der Waals surface area (Å²) in [6.45, 7) is 2.62. The van der Waals surface area contributed by atoms with Crippen molar-refractivity contribution in [2.24, 2.45) is 5.92 Å². The molecule has 2 atom stereocenters. The summed E-state index contributed by atoms with van der Waals surface area (Å²) >= 11 is 0. The molecule has 0 bridgehead atoms. The van der Waals surface area contributed by atoms with E-state index in [1.54, 1.807) is 0 Å². The molecule has 4 nitrogen and oxygen atoms in total. The molecule has 1 saturated carbocycles. The van der Waals surface area contributed by atoms with Gasteiger partial charge in [0.2, 0.25) is 10.0 Å². The molecule has 2 heterocycles. The minimum absolute atomic E-state index is 0.0912. The summed E-state index contributed by atoms with van der Waals surface area (Å²) in [7, 11) is -3.04. The highest BCUT2D eigenvalue weighted by molar-refractivity contribution is 7.89. The highest BCUT2D eigenvalue weighted by Gasteiger charge is 2.38. The fraction of sp³-hybridized carbons (Fsp3) is 1.00. The second-order valence-electron chi connectivity index (χ2n) is 6.77. The monoisotopic (exact) mass is 300 g/mol. The van der Waals surface area contributed by atoms with Crippen LogP contribution in [0.2, 0.25) is 0 Å². The summed E-state index contributed by atoms with van der Waals surface area (Å²) in [5.41, 5.74) is 0. The van der Waals surface area contributed by atoms with Gasteiger partial charge < -0.3 is 5.32 Å². The van der Waals surface area contributed by atoms with Crippen molar-refractivity contribution in [3.05, 3.63) is 0 Å². The Morgan fingerprint density at radius 1 is 0.900 bits per heavy atom. The average Bonchev–Trinajstić information content (AvgIpc) is 3.03. The third kappa shape index (κ3) is 3.04. The lowest BCUT2D eigenvalue weighted by molar-refractivity contribution is 0.223. The van der Waals surface area contributed by atoms with E-state index >= 15 is 0 Å². The van der Waals surface area contributed by atoms with Crippen LogP contribution in [0.3, 0.4) is 0 Å². The summed E-state index contributed by atoms with van der Waals surface area (Å²) in [5, 5.41) is 3.47. The van der Waals surface area contributed by atoms with Crippen LogP contribution >= 0.6 is 0 Å². The molecule has 5 heteroatoms. The molecule has 116 valence electrons. The van der Waals surface area contributed by atoms with E-state index in [9.17, 15) is 8.42 Å². The summed E-state index contributed by atoms with van der Waals surface area (Å²) in [5.74, 6) is 0.532. The SMILES string of the molecule is O=S(=O)(C1CCCCC1)N1CCCC(C2CCCN2)C1. The van der Waals surface area contributed by atoms with E-state index < -0.39 is 10.0 Å². The molecule has 1 N–H and O–H groups in total. The molecular formula is C15H28N2O2S. The zero-order valence-corrected chi connectivity index (χ0v) is 13.2. The van der Waals surface area contributed by atoms with Gasteiger partial charge in [0.1, 0.15) is 0 Å². The molecule has 0 aromatic carbocycles. The van der Waals surface area contributed by atoms with Gasteiger partial charge in [0.25, 0.3) is 0 Å². The van der Waals surface area contributed by atoms with Crippen molar-refractivity contribution in [2.75, 3.05) is 19.6 Å². The minimum Gasteiger partial charge on any atom is -0.314 e. The number of nitrogens with one attached hydrogen (secondary N) is 1. The van der Waals surface area contributed by atoms with E-state index in [2.05, 4.69) is 5.32 Å². The van der Waals surface area contributed by atoms with Gasteiger partial charge in [0.15, 0.2) is 0 Å². The molecule has 20 heavy (non-hydrogen) atoms. The highest BCUT2D eigenvalue weighted by atomic mass is 32.2. The van der Waals surface area contributed by atoms with Crippen LogP contribution in [0.25, 0.3) is 0 Å². The first-order valence-corrected chi connectivity index (χ1v) is 9.90. The predicted octanol–water partition coefficient (Wildman–Crippen LogP) is 2.11. The van der Waals surface area contributed by atoms with Gasteiger partial charge in [-0.25, -0.2) is 12.7 Å². The fourth-order valence-electron chi connectivity index (χ4n) is 4.22. The molecule has 0 aromatic heterocycles. The van der Waals surface area contributed by atoms with Crippen LogP contribution in [0.5, 0.6) is 0 Å². The summed E-state index contributed by atoms with van der Waals surface area (Å²) in [6.07, 6.45) is 9.84. The molecule has 3 fully saturated rings. The molecule has 1 aliphatic carbocycles. The number of rotatable bonds is 3. The standard InChI is InChI=1S/C15H28N2O2S/c18-20(19,14-7-2-1-3-8-14)17-11-5-6-13(12-17)15-9-4-10-16-15/h13-16H,1-12H2. The molecule has 2 aliphatic heterocycles. The Kier molecular flexibility index (Phi) is 4.68. The smallest absolute Gasteiger partial charge is 0.216 e. The van der Waals surface area contributed by atoms with Crippen molar-refractivity contribution in [1.29, 1.82) is 0 Å². The fourth-order valence-corrected chi connectivity index (χ4v) is 6.35. The topological polar surface area (TPSA) is 49.4 Å². The van der Waals surface area contributed by atoms with Crippen molar-refractivity contribution in [1.82, 2.24) is 9.62 Å². The Balaban J connectivity index is 1.65. The van der Waals surface area contributed by atoms with Gasteiger partial charge in [-0.1, -0.05) is 19.3 Å². The van der Waals surface area contributed by atoms with Gasteiger partial charge in [0, 0.05) is 19.1 Å². The molecule has 0 amide bonds. The van der Waals surface area contributed by atoms with Gasteiger partial charge in [-0.2, -0.15) is 0 Å². The van der Waals surface area contributed by atoms with E-state index in [4.69, 9.17) is 0 Å². The zero-order valence-electron chi connectivity index (χ0n) is 12.4. The Morgan fingerprint density at radius 3 is 2.40 bits per heavy atom. The van der Waals surface area contributed by atoms with E-state index in [0.29, 0.717) is 12.0 Å². The van der Waals surface area contributed by atoms with Crippen LogP contribution in [-0.4, -0.2) is 43.6 Å². The van der Waals surface area contributed by atoms with Crippen LogP contribution in [0.4, 0.5) is 0 Å². The molecular weight excluding hydrogens is 272 g/mol. The van der Waals surface area contributed by atoms with Crippen molar-refractivity contribution >= 4 is 10.0 Å². The summed E-state index contributed by atoms with van der Waals surface area (Å²) in [4.78, 5) is 0. The molecule has 0 spiro atoms. The Labute approximate surface area is 123 Å². The van der Waals surface area contributed by atoms with Gasteiger partial charge >= 0.3 is 0 Å². The number of sulfonamides is 1. The summed E-state index contributed by atoms with van der Waals surface area (Å²) < 4.78 is 27.4. The maximum Gasteiger partial charge on any atom is 0.216 e. The zero-order chi connectivity index (χ0) is 14.0. The van der Waals surface area contributed by atoms with Crippen molar-refractivity contribution < 1.29 is 8.42 Å². The normalized spacial score (nSPS) is 34.4. The van der Waals surface area contributed by atoms with E-state index in [-0.39, 0.29) is 5.25 Å². The van der Waals surface area contributed by atoms with Crippen LogP contribution in [-0.2, 0) is 10.0 Å². The molecule has 2 saturated heterocycles. The largest absolute Gasteiger partial charge is 0.314 e. The van der Waals surface area contributed by atoms with Crippen LogP contribution < -0.4 is 5.32 Å². The van der Waals surface area contributed by atoms with Crippen LogP contribution in [0.1, 0.15) is 57.8 Å². The van der Waals surface area contributed by atoms with Crippen molar-refractivity contribution in [3.63, 3.8) is 0 Å². The number of nitrogens with zero attached hydrogens (tertiary/aromatic N) is 1. The lowest BCUT2D eigenvalue weighted by atomic mass is 9.91. The Hall–Kier alpha value is -0.130. The predicted molar refractivity (Wildman–Crippen MR) is 81.1 cm³/mol. The number of hydrogen-bond donors (Lipinski definition) is 1. The molecule has 3 rings (SSSR count). The van der Waals surface area contributed by atoms with Crippen LogP contribution in [0.15, 0.2) is 0 Å². The lowest BCUT2D eigenvalue weighted by Crippen LogP contribution is -2.48. The number of hydrogen-bond acceptors (Lipinski definition) is 3. The van der Waals surface area contributed by atoms with E-state index in [1.165, 1.54) is 25.7 Å². The first kappa shape index (κ1) is 14.8. The second kappa shape index (κ2) is 6.32. The first-order valence-electron chi connectivity index (χ1n) is 8.40. The third-order valence-electron chi connectivity index (χ3n) is 5.42. The van der Waals surface area contributed by atoms with Crippen molar-refractivity contribution in [2.45, 2.75) is 69.1 Å².